The summed E-state index contributed by atoms with van der Waals surface area (Å²) in [5.74, 6) is -0.336. The van der Waals surface area contributed by atoms with Crippen LogP contribution in [0.2, 0.25) is 0 Å². The van der Waals surface area contributed by atoms with Gasteiger partial charge < -0.3 is 0 Å². The average Bonchev–Trinajstić information content (AvgIpc) is 2.45. The summed E-state index contributed by atoms with van der Waals surface area (Å²) in [6, 6.07) is 5.29. The molecule has 1 fully saturated rings. The number of aryl methyl sites for hydroxylation is 2. The first-order valence-corrected chi connectivity index (χ1v) is 5.23. The lowest BCUT2D eigenvalue weighted by Crippen LogP contribution is -2.25. The number of imide groups is 1. The predicted octanol–water partition coefficient (Wildman–Crippen LogP) is 1.52. The van der Waals surface area contributed by atoms with Crippen LogP contribution in [0.4, 0.5) is 10.5 Å². The molecule has 0 aliphatic carbocycles. The van der Waals surface area contributed by atoms with Crippen molar-refractivity contribution in [1.82, 2.24) is 10.2 Å². The number of likely N-dealkylation sites (N-methyl/N-ethyl adjacent to an activating group) is 1. The molecule has 1 aromatic rings. The van der Waals surface area contributed by atoms with E-state index in [1.165, 1.54) is 7.05 Å². The number of amides is 3. The quantitative estimate of drug-likeness (QED) is 0.745. The summed E-state index contributed by atoms with van der Waals surface area (Å²) >= 11 is 0. The summed E-state index contributed by atoms with van der Waals surface area (Å²) in [7, 11) is 1.42. The van der Waals surface area contributed by atoms with Crippen molar-refractivity contribution in [3.8, 4) is 0 Å². The third-order valence-corrected chi connectivity index (χ3v) is 2.48. The Hall–Kier alpha value is -2.17. The molecule has 0 bridgehead atoms. The van der Waals surface area contributed by atoms with E-state index in [1.54, 1.807) is 0 Å². The molecule has 0 radical (unpaired) electrons. The Morgan fingerprint density at radius 2 is 1.71 bits per heavy atom. The fourth-order valence-corrected chi connectivity index (χ4v) is 1.71. The third kappa shape index (κ3) is 2.18. The molecule has 0 unspecified atom stereocenters. The SMILES string of the molecule is Cc1cc(C)cc(N=C2NC(=O)N(C)C2=O)c1. The number of aliphatic imine (C=N–C) groups is 1. The van der Waals surface area contributed by atoms with Gasteiger partial charge in [0.2, 0.25) is 5.84 Å². The minimum atomic E-state index is -0.446. The highest BCUT2D eigenvalue weighted by molar-refractivity contribution is 6.47. The second-order valence-electron chi connectivity index (χ2n) is 4.10. The van der Waals surface area contributed by atoms with Crippen LogP contribution in [-0.4, -0.2) is 29.7 Å². The van der Waals surface area contributed by atoms with E-state index in [0.29, 0.717) is 5.69 Å². The monoisotopic (exact) mass is 231 g/mol. The third-order valence-electron chi connectivity index (χ3n) is 2.48. The maximum Gasteiger partial charge on any atom is 0.329 e. The number of urea groups is 1. The summed E-state index contributed by atoms with van der Waals surface area (Å²) in [5, 5.41) is 2.43. The van der Waals surface area contributed by atoms with Gasteiger partial charge in [-0.05, 0) is 37.1 Å². The van der Waals surface area contributed by atoms with Crippen molar-refractivity contribution in [2.45, 2.75) is 13.8 Å². The highest BCUT2D eigenvalue weighted by atomic mass is 16.2. The summed E-state index contributed by atoms with van der Waals surface area (Å²) < 4.78 is 0. The van der Waals surface area contributed by atoms with E-state index >= 15 is 0 Å². The first-order chi connectivity index (χ1) is 7.97. The minimum absolute atomic E-state index is 0.0718. The van der Waals surface area contributed by atoms with E-state index in [2.05, 4.69) is 10.3 Å². The molecule has 1 aromatic carbocycles. The molecule has 2 rings (SSSR count). The van der Waals surface area contributed by atoms with Crippen LogP contribution < -0.4 is 5.32 Å². The average molecular weight is 231 g/mol. The van der Waals surface area contributed by atoms with Gasteiger partial charge >= 0.3 is 6.03 Å². The van der Waals surface area contributed by atoms with Crippen molar-refractivity contribution in [3.05, 3.63) is 29.3 Å². The van der Waals surface area contributed by atoms with Gasteiger partial charge in [-0.25, -0.2) is 9.79 Å². The molecule has 0 spiro atoms. The number of hydrogen-bond acceptors (Lipinski definition) is 3. The molecule has 5 heteroatoms. The van der Waals surface area contributed by atoms with Gasteiger partial charge in [0, 0.05) is 7.05 Å². The molecule has 1 heterocycles. The predicted molar refractivity (Wildman–Crippen MR) is 64.3 cm³/mol. The van der Waals surface area contributed by atoms with Gasteiger partial charge in [0.1, 0.15) is 0 Å². The molecule has 0 saturated carbocycles. The Kier molecular flexibility index (Phi) is 2.67. The summed E-state index contributed by atoms with van der Waals surface area (Å²) in [4.78, 5) is 28.0. The number of carbonyl (C=O) groups is 2. The molecule has 17 heavy (non-hydrogen) atoms. The summed E-state index contributed by atoms with van der Waals surface area (Å²) in [6.45, 7) is 3.91. The van der Waals surface area contributed by atoms with Crippen LogP contribution in [0.3, 0.4) is 0 Å². The van der Waals surface area contributed by atoms with Crippen molar-refractivity contribution >= 4 is 23.5 Å². The Morgan fingerprint density at radius 3 is 2.18 bits per heavy atom. The van der Waals surface area contributed by atoms with Crippen LogP contribution in [0.5, 0.6) is 0 Å². The fourth-order valence-electron chi connectivity index (χ4n) is 1.71. The zero-order chi connectivity index (χ0) is 12.6. The molecule has 1 aliphatic rings. The van der Waals surface area contributed by atoms with Gasteiger partial charge in [0.15, 0.2) is 0 Å². The smallest absolute Gasteiger partial charge is 0.287 e. The summed E-state index contributed by atoms with van der Waals surface area (Å²) in [5.41, 5.74) is 2.80. The number of nitrogens with zero attached hydrogens (tertiary/aromatic N) is 2. The van der Waals surface area contributed by atoms with Crippen molar-refractivity contribution in [2.24, 2.45) is 4.99 Å². The zero-order valence-electron chi connectivity index (χ0n) is 9.94. The largest absolute Gasteiger partial charge is 0.329 e. The Bertz CT molecular complexity index is 514. The van der Waals surface area contributed by atoms with E-state index in [9.17, 15) is 9.59 Å². The van der Waals surface area contributed by atoms with Crippen LogP contribution in [-0.2, 0) is 4.79 Å². The van der Waals surface area contributed by atoms with E-state index < -0.39 is 11.9 Å². The Labute approximate surface area is 99.1 Å². The normalized spacial score (nSPS) is 17.8. The number of carbonyl (C=O) groups excluding carboxylic acids is 2. The zero-order valence-corrected chi connectivity index (χ0v) is 9.94. The second kappa shape index (κ2) is 4.01. The fraction of sp³-hybridized carbons (Fsp3) is 0.250. The van der Waals surface area contributed by atoms with Crippen LogP contribution in [0.1, 0.15) is 11.1 Å². The minimum Gasteiger partial charge on any atom is -0.287 e. The van der Waals surface area contributed by atoms with E-state index in [0.717, 1.165) is 16.0 Å². The maximum absolute atomic E-state index is 11.6. The topological polar surface area (TPSA) is 61.8 Å². The molecule has 1 saturated heterocycles. The Balaban J connectivity index is 2.37. The highest BCUT2D eigenvalue weighted by Gasteiger charge is 2.31. The van der Waals surface area contributed by atoms with Crippen molar-refractivity contribution in [1.29, 1.82) is 0 Å². The molecule has 88 valence electrons. The summed E-state index contributed by atoms with van der Waals surface area (Å²) in [6.07, 6.45) is 0. The number of nitrogens with one attached hydrogen (secondary N) is 1. The standard InChI is InChI=1S/C12H13N3O2/c1-7-4-8(2)6-9(5-7)13-10-11(16)15(3)12(17)14-10/h4-6H,1-3H3,(H,13,14,17). The van der Waals surface area contributed by atoms with Crippen LogP contribution in [0.25, 0.3) is 0 Å². The van der Waals surface area contributed by atoms with Gasteiger partial charge in [-0.15, -0.1) is 0 Å². The van der Waals surface area contributed by atoms with Crippen molar-refractivity contribution < 1.29 is 9.59 Å². The first-order valence-electron chi connectivity index (χ1n) is 5.23. The van der Waals surface area contributed by atoms with E-state index in [4.69, 9.17) is 0 Å². The number of amidine groups is 1. The number of benzene rings is 1. The van der Waals surface area contributed by atoms with E-state index in [1.807, 2.05) is 32.0 Å². The second-order valence-corrected chi connectivity index (χ2v) is 4.10. The van der Waals surface area contributed by atoms with E-state index in [-0.39, 0.29) is 5.84 Å². The van der Waals surface area contributed by atoms with Crippen molar-refractivity contribution in [3.63, 3.8) is 0 Å². The first kappa shape index (κ1) is 11.3. The van der Waals surface area contributed by atoms with Gasteiger partial charge in [-0.3, -0.25) is 15.0 Å². The molecular formula is C12H13N3O2. The van der Waals surface area contributed by atoms with Crippen LogP contribution in [0, 0.1) is 13.8 Å². The molecule has 0 atom stereocenters. The van der Waals surface area contributed by atoms with Gasteiger partial charge in [0.05, 0.1) is 5.69 Å². The van der Waals surface area contributed by atoms with Crippen LogP contribution in [0.15, 0.2) is 23.2 Å². The molecule has 5 nitrogen and oxygen atoms in total. The number of rotatable bonds is 1. The van der Waals surface area contributed by atoms with Gasteiger partial charge in [0.25, 0.3) is 5.91 Å². The number of hydrogen-bond donors (Lipinski definition) is 1. The highest BCUT2D eigenvalue weighted by Crippen LogP contribution is 2.17. The molecule has 1 N–H and O–H groups in total. The van der Waals surface area contributed by atoms with Crippen molar-refractivity contribution in [2.75, 3.05) is 7.05 Å². The lowest BCUT2D eigenvalue weighted by molar-refractivity contribution is -0.119. The van der Waals surface area contributed by atoms with Gasteiger partial charge in [-0.2, -0.15) is 0 Å². The maximum atomic E-state index is 11.6. The van der Waals surface area contributed by atoms with Crippen LogP contribution >= 0.6 is 0 Å². The lowest BCUT2D eigenvalue weighted by atomic mass is 10.1. The lowest BCUT2D eigenvalue weighted by Gasteiger charge is -2.01. The molecular weight excluding hydrogens is 218 g/mol. The molecule has 3 amide bonds. The molecule has 0 aromatic heterocycles. The Morgan fingerprint density at radius 1 is 1.12 bits per heavy atom. The molecule has 1 aliphatic heterocycles. The van der Waals surface area contributed by atoms with Gasteiger partial charge in [-0.1, -0.05) is 6.07 Å².